The number of quaternary nitrogens is 1. The Bertz CT molecular complexity index is 911. The molecule has 2 aliphatic heterocycles. The molecule has 162 valence electrons. The van der Waals surface area contributed by atoms with Crippen molar-refractivity contribution in [1.29, 1.82) is 0 Å². The van der Waals surface area contributed by atoms with Crippen LogP contribution in [0.2, 0.25) is 0 Å². The Morgan fingerprint density at radius 2 is 1.65 bits per heavy atom. The molecule has 2 saturated heterocycles. The Morgan fingerprint density at radius 3 is 2.32 bits per heavy atom. The first-order valence-corrected chi connectivity index (χ1v) is 11.0. The van der Waals surface area contributed by atoms with E-state index in [1.165, 1.54) is 4.90 Å². The van der Waals surface area contributed by atoms with Gasteiger partial charge in [0.05, 0.1) is 13.1 Å². The van der Waals surface area contributed by atoms with Crippen molar-refractivity contribution in [2.75, 3.05) is 25.1 Å². The number of benzene rings is 2. The quantitative estimate of drug-likeness (QED) is 0.592. The van der Waals surface area contributed by atoms with Gasteiger partial charge in [-0.2, -0.15) is 0 Å². The zero-order valence-corrected chi connectivity index (χ0v) is 17.5. The largest absolute Gasteiger partial charge is 0.329 e. The second-order valence-electron chi connectivity index (χ2n) is 8.33. The van der Waals surface area contributed by atoms with Crippen molar-refractivity contribution in [2.24, 2.45) is 5.92 Å². The third-order valence-electron chi connectivity index (χ3n) is 6.16. The summed E-state index contributed by atoms with van der Waals surface area (Å²) in [6.45, 7) is 1.89. The number of piperidine rings is 1. The van der Waals surface area contributed by atoms with Crippen molar-refractivity contribution in [3.63, 3.8) is 0 Å². The predicted molar refractivity (Wildman–Crippen MR) is 117 cm³/mol. The molecular formula is C24H29N4O3+. The molecule has 2 aromatic carbocycles. The maximum atomic E-state index is 12.8. The highest BCUT2D eigenvalue weighted by molar-refractivity contribution is 6.04. The van der Waals surface area contributed by atoms with Gasteiger partial charge in [-0.05, 0) is 30.5 Å². The van der Waals surface area contributed by atoms with Gasteiger partial charge in [-0.1, -0.05) is 48.5 Å². The van der Waals surface area contributed by atoms with Crippen LogP contribution in [0.25, 0.3) is 0 Å². The molecular weight excluding hydrogens is 392 g/mol. The molecule has 0 aromatic heterocycles. The van der Waals surface area contributed by atoms with Crippen molar-refractivity contribution in [3.8, 4) is 0 Å². The normalized spacial score (nSPS) is 23.5. The Kier molecular flexibility index (Phi) is 6.62. The standard InChI is InChI=1S/C24H28N4O3/c29-22(25-20-9-5-2-6-10-20)19-13-15-27(16-14-19)17-28-23(30)21(26-24(28)31)12-11-18-7-3-1-4-8-18/h1-10,19,21H,11-17H2,(H,25,29)(H,26,31)/p+1/t21-/m0/s1. The number of anilines is 1. The SMILES string of the molecule is O=C(Nc1ccccc1)C1CC[NH+](CN2C(=O)N[C@@H](CCc3ccccc3)C2=O)CC1. The average Bonchev–Trinajstić information content (AvgIpc) is 3.07. The molecule has 4 amide bonds. The molecule has 0 bridgehead atoms. The number of urea groups is 1. The number of aryl methyl sites for hydroxylation is 1. The summed E-state index contributed by atoms with van der Waals surface area (Å²) in [6.07, 6.45) is 2.84. The van der Waals surface area contributed by atoms with E-state index in [0.717, 1.165) is 48.5 Å². The van der Waals surface area contributed by atoms with E-state index < -0.39 is 6.04 Å². The van der Waals surface area contributed by atoms with Crippen LogP contribution in [-0.2, 0) is 16.0 Å². The number of hydrogen-bond donors (Lipinski definition) is 3. The number of carbonyl (C=O) groups is 3. The zero-order chi connectivity index (χ0) is 21.6. The number of nitrogens with zero attached hydrogens (tertiary/aromatic N) is 1. The maximum Gasteiger partial charge on any atom is 0.329 e. The summed E-state index contributed by atoms with van der Waals surface area (Å²) in [7, 11) is 0. The smallest absolute Gasteiger partial charge is 0.326 e. The first-order valence-electron chi connectivity index (χ1n) is 11.0. The lowest BCUT2D eigenvalue weighted by molar-refractivity contribution is -0.912. The summed E-state index contributed by atoms with van der Waals surface area (Å²) in [5, 5.41) is 5.80. The van der Waals surface area contributed by atoms with Crippen LogP contribution in [0, 0.1) is 5.92 Å². The molecule has 7 nitrogen and oxygen atoms in total. The fraction of sp³-hybridized carbons (Fsp3) is 0.375. The second kappa shape index (κ2) is 9.75. The molecule has 2 aliphatic rings. The molecule has 0 spiro atoms. The minimum absolute atomic E-state index is 0.0364. The molecule has 0 aliphatic carbocycles. The first-order chi connectivity index (χ1) is 15.1. The number of amides is 4. The average molecular weight is 422 g/mol. The lowest BCUT2D eigenvalue weighted by atomic mass is 9.96. The van der Waals surface area contributed by atoms with E-state index in [1.807, 2.05) is 60.7 Å². The topological polar surface area (TPSA) is 82.9 Å². The van der Waals surface area contributed by atoms with Gasteiger partial charge >= 0.3 is 6.03 Å². The van der Waals surface area contributed by atoms with E-state index >= 15 is 0 Å². The van der Waals surface area contributed by atoms with Crippen LogP contribution in [0.15, 0.2) is 60.7 Å². The molecule has 2 aromatic rings. The maximum absolute atomic E-state index is 12.8. The van der Waals surface area contributed by atoms with Gasteiger partial charge < -0.3 is 15.5 Å². The summed E-state index contributed by atoms with van der Waals surface area (Å²) >= 11 is 0. The van der Waals surface area contributed by atoms with Crippen molar-refractivity contribution in [2.45, 2.75) is 31.7 Å². The highest BCUT2D eigenvalue weighted by Crippen LogP contribution is 2.15. The van der Waals surface area contributed by atoms with Gasteiger partial charge in [0, 0.05) is 24.4 Å². The number of para-hydroxylation sites is 1. The fourth-order valence-corrected chi connectivity index (χ4v) is 4.31. The van der Waals surface area contributed by atoms with Crippen LogP contribution in [0.3, 0.4) is 0 Å². The monoisotopic (exact) mass is 421 g/mol. The number of carbonyl (C=O) groups excluding carboxylic acids is 3. The highest BCUT2D eigenvalue weighted by atomic mass is 16.2. The van der Waals surface area contributed by atoms with Gasteiger partial charge in [0.1, 0.15) is 6.04 Å². The fourth-order valence-electron chi connectivity index (χ4n) is 4.31. The van der Waals surface area contributed by atoms with Crippen molar-refractivity contribution in [3.05, 3.63) is 66.2 Å². The van der Waals surface area contributed by atoms with E-state index in [-0.39, 0.29) is 23.8 Å². The molecule has 3 N–H and O–H groups in total. The Labute approximate surface area is 182 Å². The highest BCUT2D eigenvalue weighted by Gasteiger charge is 2.40. The molecule has 0 unspecified atom stereocenters. The minimum atomic E-state index is -0.457. The van der Waals surface area contributed by atoms with E-state index in [9.17, 15) is 14.4 Å². The lowest BCUT2D eigenvalue weighted by Crippen LogP contribution is -3.14. The van der Waals surface area contributed by atoms with Crippen molar-refractivity contribution < 1.29 is 19.3 Å². The summed E-state index contributed by atoms with van der Waals surface area (Å²) in [5.41, 5.74) is 1.97. The third kappa shape index (κ3) is 5.30. The number of imide groups is 1. The molecule has 2 heterocycles. The minimum Gasteiger partial charge on any atom is -0.326 e. The number of rotatable bonds is 7. The van der Waals surface area contributed by atoms with Crippen LogP contribution in [-0.4, -0.2) is 48.5 Å². The Balaban J connectivity index is 1.24. The van der Waals surface area contributed by atoms with Gasteiger partial charge in [-0.3, -0.25) is 9.59 Å². The van der Waals surface area contributed by atoms with Crippen LogP contribution in [0.4, 0.5) is 10.5 Å². The van der Waals surface area contributed by atoms with Gasteiger partial charge in [0.2, 0.25) is 5.91 Å². The van der Waals surface area contributed by atoms with Crippen LogP contribution < -0.4 is 15.5 Å². The Hall–Kier alpha value is -3.19. The predicted octanol–water partition coefficient (Wildman–Crippen LogP) is 1.43. The summed E-state index contributed by atoms with van der Waals surface area (Å²) in [5.74, 6) is -0.135. The van der Waals surface area contributed by atoms with E-state index in [4.69, 9.17) is 0 Å². The summed E-state index contributed by atoms with van der Waals surface area (Å²) in [4.78, 5) is 40.1. The molecule has 1 atom stereocenters. The molecule has 0 radical (unpaired) electrons. The number of likely N-dealkylation sites (tertiary alicyclic amines) is 1. The van der Waals surface area contributed by atoms with Gasteiger partial charge in [0.25, 0.3) is 5.91 Å². The molecule has 4 rings (SSSR count). The van der Waals surface area contributed by atoms with E-state index in [0.29, 0.717) is 13.1 Å². The molecule has 31 heavy (non-hydrogen) atoms. The number of nitrogens with one attached hydrogen (secondary N) is 3. The Morgan fingerprint density at radius 1 is 1.00 bits per heavy atom. The second-order valence-corrected chi connectivity index (χ2v) is 8.33. The van der Waals surface area contributed by atoms with Gasteiger partial charge in [0.15, 0.2) is 6.67 Å². The van der Waals surface area contributed by atoms with Gasteiger partial charge in [-0.15, -0.1) is 0 Å². The van der Waals surface area contributed by atoms with E-state index in [2.05, 4.69) is 10.6 Å². The van der Waals surface area contributed by atoms with Crippen LogP contribution >= 0.6 is 0 Å². The molecule has 7 heteroatoms. The van der Waals surface area contributed by atoms with E-state index in [1.54, 1.807) is 0 Å². The van der Waals surface area contributed by atoms with Crippen molar-refractivity contribution >= 4 is 23.5 Å². The first kappa shape index (κ1) is 21.1. The summed E-state index contributed by atoms with van der Waals surface area (Å²) < 4.78 is 0. The third-order valence-corrected chi connectivity index (χ3v) is 6.16. The van der Waals surface area contributed by atoms with Crippen LogP contribution in [0.1, 0.15) is 24.8 Å². The zero-order valence-electron chi connectivity index (χ0n) is 17.5. The van der Waals surface area contributed by atoms with Gasteiger partial charge in [-0.25, -0.2) is 9.69 Å². The van der Waals surface area contributed by atoms with Crippen LogP contribution in [0.5, 0.6) is 0 Å². The summed E-state index contributed by atoms with van der Waals surface area (Å²) in [6, 6.07) is 18.7. The van der Waals surface area contributed by atoms with Crippen molar-refractivity contribution in [1.82, 2.24) is 10.2 Å². The molecule has 0 saturated carbocycles. The lowest BCUT2D eigenvalue weighted by Gasteiger charge is -2.30. The number of hydrogen-bond acceptors (Lipinski definition) is 3. The molecule has 2 fully saturated rings.